The molecule has 18 heavy (non-hydrogen) atoms. The summed E-state index contributed by atoms with van der Waals surface area (Å²) in [5, 5.41) is 0. The summed E-state index contributed by atoms with van der Waals surface area (Å²) in [7, 11) is 0. The zero-order chi connectivity index (χ0) is 11.9. The highest BCUT2D eigenvalue weighted by atomic mass is 32.1. The molecular formula is C14H7N2OS. The van der Waals surface area contributed by atoms with Gasteiger partial charge < -0.3 is 4.42 Å². The maximum atomic E-state index is 5.72. The van der Waals surface area contributed by atoms with Gasteiger partial charge in [0.15, 0.2) is 5.58 Å². The van der Waals surface area contributed by atoms with Crippen LogP contribution in [0.5, 0.6) is 0 Å². The van der Waals surface area contributed by atoms with Gasteiger partial charge in [0.2, 0.25) is 5.89 Å². The number of hydrogen-bond donors (Lipinski definition) is 0. The van der Waals surface area contributed by atoms with E-state index in [0.29, 0.717) is 5.89 Å². The first-order chi connectivity index (χ1) is 8.90. The third-order valence-electron chi connectivity index (χ3n) is 2.81. The standard InChI is InChI=1S/C14H7N2OS/c1-2-4-12-10(3-1)16-14(17-12)9-5-6-11-13(7-9)18-8-15-11/h1,3-8H. The Labute approximate surface area is 107 Å². The predicted molar refractivity (Wildman–Crippen MR) is 71.5 cm³/mol. The lowest BCUT2D eigenvalue weighted by atomic mass is 10.2. The summed E-state index contributed by atoms with van der Waals surface area (Å²) in [5.41, 5.74) is 5.44. The Bertz CT molecular complexity index is 814. The van der Waals surface area contributed by atoms with Gasteiger partial charge in [0.25, 0.3) is 0 Å². The number of rotatable bonds is 1. The van der Waals surface area contributed by atoms with E-state index in [1.54, 1.807) is 17.4 Å². The van der Waals surface area contributed by atoms with Crippen molar-refractivity contribution < 1.29 is 4.42 Å². The zero-order valence-electron chi connectivity index (χ0n) is 9.25. The molecule has 0 bridgehead atoms. The van der Waals surface area contributed by atoms with Crippen molar-refractivity contribution in [2.45, 2.75) is 0 Å². The molecule has 0 N–H and O–H groups in total. The van der Waals surface area contributed by atoms with E-state index < -0.39 is 0 Å². The minimum absolute atomic E-state index is 0.639. The Balaban J connectivity index is 1.94. The topological polar surface area (TPSA) is 38.9 Å². The average Bonchev–Trinajstić information content (AvgIpc) is 3.04. The molecule has 85 valence electrons. The molecule has 2 aromatic heterocycles. The second kappa shape index (κ2) is 3.65. The Morgan fingerprint density at radius 2 is 2.17 bits per heavy atom. The highest BCUT2D eigenvalue weighted by Gasteiger charge is 2.08. The van der Waals surface area contributed by atoms with Crippen molar-refractivity contribution in [3.63, 3.8) is 0 Å². The number of fused-ring (bicyclic) bond motifs is 2. The minimum Gasteiger partial charge on any atom is -0.436 e. The van der Waals surface area contributed by atoms with Gasteiger partial charge in [-0.1, -0.05) is 6.07 Å². The summed E-state index contributed by atoms with van der Waals surface area (Å²) in [4.78, 5) is 8.73. The fourth-order valence-electron chi connectivity index (χ4n) is 1.93. The molecular weight excluding hydrogens is 244 g/mol. The fourth-order valence-corrected chi connectivity index (χ4v) is 2.65. The van der Waals surface area contributed by atoms with Gasteiger partial charge in [0.05, 0.1) is 15.7 Å². The number of benzene rings is 2. The molecule has 0 saturated carbocycles. The van der Waals surface area contributed by atoms with Crippen LogP contribution in [0, 0.1) is 6.07 Å². The molecule has 0 aliphatic rings. The molecule has 0 aliphatic carbocycles. The van der Waals surface area contributed by atoms with Crippen LogP contribution in [0.15, 0.2) is 46.3 Å². The van der Waals surface area contributed by atoms with Gasteiger partial charge in [-0.2, -0.15) is 0 Å². The van der Waals surface area contributed by atoms with Crippen LogP contribution in [0.1, 0.15) is 0 Å². The second-order valence-electron chi connectivity index (χ2n) is 3.95. The summed E-state index contributed by atoms with van der Waals surface area (Å²) in [5.74, 6) is 0.639. The van der Waals surface area contributed by atoms with Gasteiger partial charge in [0.1, 0.15) is 5.52 Å². The van der Waals surface area contributed by atoms with Crippen LogP contribution in [0.25, 0.3) is 32.8 Å². The lowest BCUT2D eigenvalue weighted by Gasteiger charge is -1.94. The number of nitrogens with zero attached hydrogens (tertiary/aromatic N) is 2. The molecule has 4 aromatic rings. The highest BCUT2D eigenvalue weighted by Crippen LogP contribution is 2.28. The highest BCUT2D eigenvalue weighted by molar-refractivity contribution is 7.16. The summed E-state index contributed by atoms with van der Waals surface area (Å²) in [6.07, 6.45) is 0. The van der Waals surface area contributed by atoms with Crippen molar-refractivity contribution in [3.8, 4) is 11.5 Å². The molecule has 2 heterocycles. The molecule has 0 fully saturated rings. The summed E-state index contributed by atoms with van der Waals surface area (Å²) in [6, 6.07) is 14.5. The molecule has 2 aromatic carbocycles. The van der Waals surface area contributed by atoms with E-state index in [4.69, 9.17) is 4.42 Å². The normalized spacial score (nSPS) is 11.3. The van der Waals surface area contributed by atoms with Crippen LogP contribution >= 0.6 is 11.3 Å². The van der Waals surface area contributed by atoms with Crippen molar-refractivity contribution in [1.29, 1.82) is 0 Å². The molecule has 4 rings (SSSR count). The fraction of sp³-hybridized carbons (Fsp3) is 0. The molecule has 0 atom stereocenters. The predicted octanol–water partition coefficient (Wildman–Crippen LogP) is 3.90. The lowest BCUT2D eigenvalue weighted by Crippen LogP contribution is -1.76. The Morgan fingerprint density at radius 1 is 1.17 bits per heavy atom. The number of oxazole rings is 1. The Kier molecular flexibility index (Phi) is 1.98. The Morgan fingerprint density at radius 3 is 3.11 bits per heavy atom. The average molecular weight is 251 g/mol. The first-order valence-electron chi connectivity index (χ1n) is 5.50. The molecule has 0 spiro atoms. The zero-order valence-corrected chi connectivity index (χ0v) is 10.1. The van der Waals surface area contributed by atoms with Crippen LogP contribution in [0.3, 0.4) is 0 Å². The maximum absolute atomic E-state index is 5.72. The molecule has 4 heteroatoms. The lowest BCUT2D eigenvalue weighted by molar-refractivity contribution is 0.620. The second-order valence-corrected chi connectivity index (χ2v) is 4.83. The molecule has 0 aliphatic heterocycles. The van der Waals surface area contributed by atoms with E-state index in [9.17, 15) is 0 Å². The van der Waals surface area contributed by atoms with Gasteiger partial charge in [-0.05, 0) is 36.4 Å². The van der Waals surface area contributed by atoms with E-state index >= 15 is 0 Å². The van der Waals surface area contributed by atoms with Crippen molar-refractivity contribution in [2.24, 2.45) is 0 Å². The van der Waals surface area contributed by atoms with Gasteiger partial charge >= 0.3 is 0 Å². The third-order valence-corrected chi connectivity index (χ3v) is 3.60. The molecule has 1 radical (unpaired) electrons. The smallest absolute Gasteiger partial charge is 0.227 e. The van der Waals surface area contributed by atoms with Crippen molar-refractivity contribution >= 4 is 32.7 Å². The van der Waals surface area contributed by atoms with Crippen LogP contribution in [-0.2, 0) is 0 Å². The quantitative estimate of drug-likeness (QED) is 0.515. The summed E-state index contributed by atoms with van der Waals surface area (Å²) < 4.78 is 6.86. The van der Waals surface area contributed by atoms with Gasteiger partial charge in [0, 0.05) is 5.56 Å². The van der Waals surface area contributed by atoms with Crippen molar-refractivity contribution in [3.05, 3.63) is 48.0 Å². The largest absolute Gasteiger partial charge is 0.436 e. The van der Waals surface area contributed by atoms with Crippen molar-refractivity contribution in [1.82, 2.24) is 9.97 Å². The monoisotopic (exact) mass is 251 g/mol. The number of thiazole rings is 1. The number of hydrogen-bond acceptors (Lipinski definition) is 4. The SMILES string of the molecule is [c]1ccc2nc(-c3ccc4ncsc4c3)oc2c1. The van der Waals surface area contributed by atoms with E-state index in [1.807, 2.05) is 29.8 Å². The molecule has 0 saturated heterocycles. The van der Waals surface area contributed by atoms with Gasteiger partial charge in [-0.3, -0.25) is 0 Å². The summed E-state index contributed by atoms with van der Waals surface area (Å²) in [6.45, 7) is 0. The molecule has 0 unspecified atom stereocenters. The first kappa shape index (κ1) is 9.79. The first-order valence-corrected chi connectivity index (χ1v) is 6.38. The van der Waals surface area contributed by atoms with Crippen molar-refractivity contribution in [2.75, 3.05) is 0 Å². The molecule has 0 amide bonds. The van der Waals surface area contributed by atoms with E-state index in [0.717, 1.165) is 26.9 Å². The van der Waals surface area contributed by atoms with Gasteiger partial charge in [-0.15, -0.1) is 11.3 Å². The van der Waals surface area contributed by atoms with E-state index in [2.05, 4.69) is 22.1 Å². The Hall–Kier alpha value is -2.20. The summed E-state index contributed by atoms with van der Waals surface area (Å²) >= 11 is 1.62. The maximum Gasteiger partial charge on any atom is 0.227 e. The minimum atomic E-state index is 0.639. The number of aromatic nitrogens is 2. The van der Waals surface area contributed by atoms with Crippen LogP contribution in [-0.4, -0.2) is 9.97 Å². The van der Waals surface area contributed by atoms with Crippen LogP contribution in [0.4, 0.5) is 0 Å². The van der Waals surface area contributed by atoms with E-state index in [-0.39, 0.29) is 0 Å². The van der Waals surface area contributed by atoms with Gasteiger partial charge in [-0.25, -0.2) is 9.97 Å². The molecule has 3 nitrogen and oxygen atoms in total. The van der Waals surface area contributed by atoms with Crippen LogP contribution < -0.4 is 0 Å². The van der Waals surface area contributed by atoms with E-state index in [1.165, 1.54) is 0 Å². The third kappa shape index (κ3) is 1.43. The van der Waals surface area contributed by atoms with Crippen LogP contribution in [0.2, 0.25) is 0 Å².